The van der Waals surface area contributed by atoms with E-state index in [1.165, 1.54) is 57.3 Å². The zero-order valence-corrected chi connectivity index (χ0v) is 13.3. The van der Waals surface area contributed by atoms with Crippen LogP contribution in [0.2, 0.25) is 0 Å². The van der Waals surface area contributed by atoms with Crippen LogP contribution in [0.1, 0.15) is 31.2 Å². The summed E-state index contributed by atoms with van der Waals surface area (Å²) in [5.74, 6) is 0.856. The summed E-state index contributed by atoms with van der Waals surface area (Å²) >= 11 is 0. The number of likely N-dealkylation sites (tertiary alicyclic amines) is 1. The van der Waals surface area contributed by atoms with E-state index in [1.807, 2.05) is 10.9 Å². The average Bonchev–Trinajstić information content (AvgIpc) is 3.09. The molecule has 0 atom stereocenters. The van der Waals surface area contributed by atoms with Crippen LogP contribution in [-0.4, -0.2) is 39.5 Å². The summed E-state index contributed by atoms with van der Waals surface area (Å²) in [6, 6.07) is 10.8. The van der Waals surface area contributed by atoms with Gasteiger partial charge in [-0.3, -0.25) is 4.68 Å². The van der Waals surface area contributed by atoms with E-state index >= 15 is 0 Å². The number of benzene rings is 1. The molecule has 1 fully saturated rings. The van der Waals surface area contributed by atoms with Crippen LogP contribution in [-0.2, 0) is 13.0 Å². The summed E-state index contributed by atoms with van der Waals surface area (Å²) in [4.78, 5) is 2.63. The largest absolute Gasteiger partial charge is 0.303 e. The topological polar surface area (TPSA) is 34.0 Å². The Balaban J connectivity index is 1.30. The van der Waals surface area contributed by atoms with Crippen molar-refractivity contribution in [3.8, 4) is 0 Å². The van der Waals surface area contributed by atoms with Crippen molar-refractivity contribution >= 4 is 0 Å². The molecule has 0 amide bonds. The highest BCUT2D eigenvalue weighted by Gasteiger charge is 2.18. The fourth-order valence-corrected chi connectivity index (χ4v) is 3.32. The van der Waals surface area contributed by atoms with Crippen molar-refractivity contribution in [2.24, 2.45) is 5.92 Å². The van der Waals surface area contributed by atoms with Crippen molar-refractivity contribution in [2.75, 3.05) is 19.6 Å². The number of nitrogens with zero attached hydrogens (tertiary/aromatic N) is 4. The first kappa shape index (κ1) is 15.2. The standard InChI is InChI=1S/C18H26N4/c1-2-5-17(6-3-1)7-4-12-21-13-8-18(9-14-21)10-15-22-16-11-19-20-22/h1-3,5-6,11,16,18H,4,7-10,12-15H2. The van der Waals surface area contributed by atoms with Crippen molar-refractivity contribution in [1.29, 1.82) is 0 Å². The predicted octanol–water partition coefficient (Wildman–Crippen LogP) is 3.01. The van der Waals surface area contributed by atoms with Gasteiger partial charge in [0, 0.05) is 12.7 Å². The van der Waals surface area contributed by atoms with Gasteiger partial charge in [-0.25, -0.2) is 0 Å². The third-order valence-corrected chi connectivity index (χ3v) is 4.73. The van der Waals surface area contributed by atoms with Gasteiger partial charge in [-0.1, -0.05) is 35.5 Å². The number of aromatic nitrogens is 3. The molecule has 3 rings (SSSR count). The van der Waals surface area contributed by atoms with Gasteiger partial charge in [0.2, 0.25) is 0 Å². The fourth-order valence-electron chi connectivity index (χ4n) is 3.32. The molecule has 1 aromatic heterocycles. The Morgan fingerprint density at radius 3 is 2.59 bits per heavy atom. The van der Waals surface area contributed by atoms with E-state index in [1.54, 1.807) is 6.20 Å². The number of aryl methyl sites for hydroxylation is 2. The van der Waals surface area contributed by atoms with E-state index in [0.29, 0.717) is 0 Å². The summed E-state index contributed by atoms with van der Waals surface area (Å²) in [5.41, 5.74) is 1.46. The Morgan fingerprint density at radius 1 is 1.05 bits per heavy atom. The zero-order chi connectivity index (χ0) is 15.0. The van der Waals surface area contributed by atoms with Gasteiger partial charge in [-0.05, 0) is 63.2 Å². The van der Waals surface area contributed by atoms with Crippen molar-refractivity contribution in [2.45, 2.75) is 38.6 Å². The van der Waals surface area contributed by atoms with E-state index < -0.39 is 0 Å². The van der Waals surface area contributed by atoms with Crippen molar-refractivity contribution in [1.82, 2.24) is 19.9 Å². The number of piperidine rings is 1. The highest BCUT2D eigenvalue weighted by molar-refractivity contribution is 5.14. The SMILES string of the molecule is c1ccc(CCCN2CCC(CCn3ccnn3)CC2)cc1. The highest BCUT2D eigenvalue weighted by Crippen LogP contribution is 2.21. The molecule has 4 heteroatoms. The molecule has 1 aliphatic heterocycles. The maximum absolute atomic E-state index is 4.04. The third kappa shape index (κ3) is 4.67. The molecule has 0 radical (unpaired) electrons. The first-order valence-electron chi connectivity index (χ1n) is 8.50. The van der Waals surface area contributed by atoms with E-state index in [4.69, 9.17) is 0 Å². The van der Waals surface area contributed by atoms with Crippen molar-refractivity contribution in [3.05, 3.63) is 48.3 Å². The lowest BCUT2D eigenvalue weighted by atomic mass is 9.93. The molecule has 0 saturated carbocycles. The van der Waals surface area contributed by atoms with Crippen LogP contribution in [0.15, 0.2) is 42.7 Å². The lowest BCUT2D eigenvalue weighted by molar-refractivity contribution is 0.173. The molecule has 1 saturated heterocycles. The van der Waals surface area contributed by atoms with E-state index in [-0.39, 0.29) is 0 Å². The molecule has 4 nitrogen and oxygen atoms in total. The number of rotatable bonds is 7. The lowest BCUT2D eigenvalue weighted by Crippen LogP contribution is -2.34. The molecule has 0 bridgehead atoms. The second-order valence-corrected chi connectivity index (χ2v) is 6.33. The summed E-state index contributed by atoms with van der Waals surface area (Å²) in [5, 5.41) is 7.90. The van der Waals surface area contributed by atoms with Gasteiger partial charge in [0.1, 0.15) is 0 Å². The van der Waals surface area contributed by atoms with E-state index in [0.717, 1.165) is 12.5 Å². The van der Waals surface area contributed by atoms with Gasteiger partial charge in [-0.15, -0.1) is 5.10 Å². The Bertz CT molecular complexity index is 515. The molecule has 0 spiro atoms. The molecule has 2 heterocycles. The number of hydrogen-bond acceptors (Lipinski definition) is 3. The maximum Gasteiger partial charge on any atom is 0.0692 e. The Kier molecular flexibility index (Phi) is 5.59. The van der Waals surface area contributed by atoms with Gasteiger partial charge in [0.15, 0.2) is 0 Å². The first-order chi connectivity index (χ1) is 10.9. The highest BCUT2D eigenvalue weighted by atomic mass is 15.4. The molecule has 118 valence electrons. The van der Waals surface area contributed by atoms with Gasteiger partial charge in [0.25, 0.3) is 0 Å². The molecule has 0 unspecified atom stereocenters. The minimum absolute atomic E-state index is 0.856. The molecule has 1 aromatic carbocycles. The predicted molar refractivity (Wildman–Crippen MR) is 88.6 cm³/mol. The smallest absolute Gasteiger partial charge is 0.0692 e. The quantitative estimate of drug-likeness (QED) is 0.788. The second-order valence-electron chi connectivity index (χ2n) is 6.33. The molecular formula is C18H26N4. The van der Waals surface area contributed by atoms with Crippen LogP contribution in [0.3, 0.4) is 0 Å². The Morgan fingerprint density at radius 2 is 1.86 bits per heavy atom. The lowest BCUT2D eigenvalue weighted by Gasteiger charge is -2.31. The van der Waals surface area contributed by atoms with Gasteiger partial charge in [-0.2, -0.15) is 0 Å². The zero-order valence-electron chi connectivity index (χ0n) is 13.3. The Hall–Kier alpha value is -1.68. The minimum Gasteiger partial charge on any atom is -0.303 e. The number of hydrogen-bond donors (Lipinski definition) is 0. The first-order valence-corrected chi connectivity index (χ1v) is 8.50. The summed E-state index contributed by atoms with van der Waals surface area (Å²) < 4.78 is 1.95. The minimum atomic E-state index is 0.856. The molecule has 2 aromatic rings. The molecule has 0 N–H and O–H groups in total. The van der Waals surface area contributed by atoms with Gasteiger partial charge >= 0.3 is 0 Å². The maximum atomic E-state index is 4.04. The summed E-state index contributed by atoms with van der Waals surface area (Å²) in [6.07, 6.45) is 10.1. The van der Waals surface area contributed by atoms with Crippen LogP contribution < -0.4 is 0 Å². The van der Waals surface area contributed by atoms with Crippen molar-refractivity contribution < 1.29 is 0 Å². The molecular weight excluding hydrogens is 272 g/mol. The van der Waals surface area contributed by atoms with E-state index in [2.05, 4.69) is 45.5 Å². The monoisotopic (exact) mass is 298 g/mol. The molecule has 0 aliphatic carbocycles. The van der Waals surface area contributed by atoms with Gasteiger partial charge < -0.3 is 4.90 Å². The Labute approximate surface area is 133 Å². The molecule has 22 heavy (non-hydrogen) atoms. The third-order valence-electron chi connectivity index (χ3n) is 4.73. The van der Waals surface area contributed by atoms with Crippen molar-refractivity contribution in [3.63, 3.8) is 0 Å². The van der Waals surface area contributed by atoms with Crippen LogP contribution >= 0.6 is 0 Å². The van der Waals surface area contributed by atoms with E-state index in [9.17, 15) is 0 Å². The van der Waals surface area contributed by atoms with Crippen LogP contribution in [0.5, 0.6) is 0 Å². The van der Waals surface area contributed by atoms with Crippen LogP contribution in [0, 0.1) is 5.92 Å². The fraction of sp³-hybridized carbons (Fsp3) is 0.556. The summed E-state index contributed by atoms with van der Waals surface area (Å²) in [6.45, 7) is 4.77. The average molecular weight is 298 g/mol. The summed E-state index contributed by atoms with van der Waals surface area (Å²) in [7, 11) is 0. The van der Waals surface area contributed by atoms with Gasteiger partial charge in [0.05, 0.1) is 6.20 Å². The van der Waals surface area contributed by atoms with Crippen LogP contribution in [0.25, 0.3) is 0 Å². The molecule has 1 aliphatic rings. The van der Waals surface area contributed by atoms with Crippen LogP contribution in [0.4, 0.5) is 0 Å². The second kappa shape index (κ2) is 8.08. The normalized spacial score (nSPS) is 16.9.